The van der Waals surface area contributed by atoms with Crippen LogP contribution in [0.1, 0.15) is 21.5 Å². The maximum Gasteiger partial charge on any atom is 0.211 e. The number of aliphatic imine (C=N–C) groups is 1. The zero-order chi connectivity index (χ0) is 18.7. The number of Topliss-reactive ketones (excluding diaryl/α,β-unsaturated/α-hetero) is 1. The number of carbonyl (C=O) groups excluding carboxylic acids is 1. The van der Waals surface area contributed by atoms with Gasteiger partial charge in [-0.1, -0.05) is 0 Å². The van der Waals surface area contributed by atoms with E-state index in [4.69, 9.17) is 18.9 Å². The summed E-state index contributed by atoms with van der Waals surface area (Å²) in [6, 6.07) is 8.84. The minimum absolute atomic E-state index is 0.167. The second-order valence-corrected chi connectivity index (χ2v) is 5.72. The third-order valence-corrected chi connectivity index (χ3v) is 4.37. The molecule has 6 nitrogen and oxygen atoms in total. The van der Waals surface area contributed by atoms with Gasteiger partial charge in [0.15, 0.2) is 11.5 Å². The van der Waals surface area contributed by atoms with Crippen LogP contribution in [0.2, 0.25) is 0 Å². The van der Waals surface area contributed by atoms with Gasteiger partial charge in [0.05, 0.1) is 34.0 Å². The van der Waals surface area contributed by atoms with E-state index in [0.717, 1.165) is 5.56 Å². The molecule has 0 amide bonds. The molecule has 0 aromatic heterocycles. The molecule has 0 spiro atoms. The van der Waals surface area contributed by atoms with Crippen molar-refractivity contribution >= 4 is 11.5 Å². The van der Waals surface area contributed by atoms with Crippen LogP contribution in [-0.4, -0.2) is 46.5 Å². The molecule has 0 radical (unpaired) electrons. The Kier molecular flexibility index (Phi) is 5.11. The van der Waals surface area contributed by atoms with Crippen LogP contribution in [0.25, 0.3) is 0 Å². The molecule has 2 aromatic rings. The third kappa shape index (κ3) is 2.98. The van der Waals surface area contributed by atoms with Gasteiger partial charge in [-0.2, -0.15) is 0 Å². The standard InChI is InChI=1S/C20H21NO5/c1-23-14-7-5-12(6-8-14)18(22)17-16-13(9-10-21-17)11-15(24-2)19(25-3)20(16)26-4/h5-8,11H,9-10H2,1-4H3. The summed E-state index contributed by atoms with van der Waals surface area (Å²) in [6.45, 7) is 0.531. The van der Waals surface area contributed by atoms with Crippen molar-refractivity contribution in [3.8, 4) is 23.0 Å². The van der Waals surface area contributed by atoms with E-state index in [1.54, 1.807) is 45.6 Å². The molecule has 0 atom stereocenters. The van der Waals surface area contributed by atoms with Crippen LogP contribution >= 0.6 is 0 Å². The third-order valence-electron chi connectivity index (χ3n) is 4.37. The summed E-state index contributed by atoms with van der Waals surface area (Å²) >= 11 is 0. The van der Waals surface area contributed by atoms with Crippen molar-refractivity contribution < 1.29 is 23.7 Å². The van der Waals surface area contributed by atoms with E-state index in [2.05, 4.69) is 4.99 Å². The van der Waals surface area contributed by atoms with Crippen LogP contribution in [0.5, 0.6) is 23.0 Å². The number of hydrogen-bond donors (Lipinski definition) is 0. The highest BCUT2D eigenvalue weighted by Gasteiger charge is 2.29. The zero-order valence-electron chi connectivity index (χ0n) is 15.3. The van der Waals surface area contributed by atoms with Crippen molar-refractivity contribution in [3.63, 3.8) is 0 Å². The Morgan fingerprint density at radius 2 is 1.62 bits per heavy atom. The van der Waals surface area contributed by atoms with Gasteiger partial charge >= 0.3 is 0 Å². The van der Waals surface area contributed by atoms with Gasteiger partial charge in [0, 0.05) is 12.1 Å². The summed E-state index contributed by atoms with van der Waals surface area (Å²) in [6.07, 6.45) is 0.700. The van der Waals surface area contributed by atoms with Crippen LogP contribution in [0.15, 0.2) is 35.3 Å². The molecule has 136 valence electrons. The van der Waals surface area contributed by atoms with Gasteiger partial charge < -0.3 is 18.9 Å². The second kappa shape index (κ2) is 7.47. The summed E-state index contributed by atoms with van der Waals surface area (Å²) < 4.78 is 21.6. The lowest BCUT2D eigenvalue weighted by Gasteiger charge is -2.22. The Balaban J connectivity index is 2.11. The van der Waals surface area contributed by atoms with E-state index in [-0.39, 0.29) is 5.78 Å². The SMILES string of the molecule is COc1ccc(C(=O)C2=NCCc3cc(OC)c(OC)c(OC)c32)cc1. The van der Waals surface area contributed by atoms with Gasteiger partial charge in [-0.3, -0.25) is 9.79 Å². The van der Waals surface area contributed by atoms with Crippen LogP contribution in [-0.2, 0) is 6.42 Å². The number of ketones is 1. The summed E-state index contributed by atoms with van der Waals surface area (Å²) in [7, 11) is 6.24. The van der Waals surface area contributed by atoms with Gasteiger partial charge in [-0.15, -0.1) is 0 Å². The first-order valence-electron chi connectivity index (χ1n) is 8.20. The highest BCUT2D eigenvalue weighted by molar-refractivity contribution is 6.52. The lowest BCUT2D eigenvalue weighted by Crippen LogP contribution is -2.23. The van der Waals surface area contributed by atoms with E-state index >= 15 is 0 Å². The minimum Gasteiger partial charge on any atom is -0.497 e. The number of rotatable bonds is 6. The van der Waals surface area contributed by atoms with Gasteiger partial charge in [0.25, 0.3) is 0 Å². The van der Waals surface area contributed by atoms with Crippen LogP contribution < -0.4 is 18.9 Å². The van der Waals surface area contributed by atoms with Crippen molar-refractivity contribution in [2.24, 2.45) is 4.99 Å². The summed E-state index contributed by atoms with van der Waals surface area (Å²) in [4.78, 5) is 17.6. The molecule has 6 heteroatoms. The molecule has 0 saturated carbocycles. The van der Waals surface area contributed by atoms with Crippen LogP contribution in [0, 0.1) is 0 Å². The first-order valence-corrected chi connectivity index (χ1v) is 8.20. The smallest absolute Gasteiger partial charge is 0.211 e. The van der Waals surface area contributed by atoms with Crippen molar-refractivity contribution in [1.82, 2.24) is 0 Å². The van der Waals surface area contributed by atoms with E-state index in [1.807, 2.05) is 6.07 Å². The molecule has 1 aliphatic rings. The monoisotopic (exact) mass is 355 g/mol. The number of benzene rings is 2. The molecule has 1 aliphatic heterocycles. The van der Waals surface area contributed by atoms with E-state index in [1.165, 1.54) is 7.11 Å². The number of fused-ring (bicyclic) bond motifs is 1. The number of ether oxygens (including phenoxy) is 4. The van der Waals surface area contributed by atoms with E-state index in [0.29, 0.717) is 52.8 Å². The number of hydrogen-bond acceptors (Lipinski definition) is 6. The quantitative estimate of drug-likeness (QED) is 0.746. The van der Waals surface area contributed by atoms with Gasteiger partial charge in [-0.25, -0.2) is 0 Å². The molecule has 3 rings (SSSR count). The molecule has 1 heterocycles. The summed E-state index contributed by atoms with van der Waals surface area (Å²) in [5, 5.41) is 0. The van der Waals surface area contributed by atoms with Gasteiger partial charge in [-0.05, 0) is 42.3 Å². The number of nitrogens with zero attached hydrogens (tertiary/aromatic N) is 1. The fraction of sp³-hybridized carbons (Fsp3) is 0.300. The molecule has 0 bridgehead atoms. The van der Waals surface area contributed by atoms with Gasteiger partial charge in [0.1, 0.15) is 11.5 Å². The Hall–Kier alpha value is -3.02. The maximum absolute atomic E-state index is 13.1. The second-order valence-electron chi connectivity index (χ2n) is 5.72. The Bertz CT molecular complexity index is 855. The average molecular weight is 355 g/mol. The predicted molar refractivity (Wildman–Crippen MR) is 98.5 cm³/mol. The Labute approximate surface area is 152 Å². The molecular weight excluding hydrogens is 334 g/mol. The molecule has 0 N–H and O–H groups in total. The van der Waals surface area contributed by atoms with Crippen LogP contribution in [0.4, 0.5) is 0 Å². The topological polar surface area (TPSA) is 66.4 Å². The van der Waals surface area contributed by atoms with Crippen molar-refractivity contribution in [2.45, 2.75) is 6.42 Å². The van der Waals surface area contributed by atoms with Crippen molar-refractivity contribution in [2.75, 3.05) is 35.0 Å². The maximum atomic E-state index is 13.1. The summed E-state index contributed by atoms with van der Waals surface area (Å²) in [5.41, 5.74) is 2.52. The average Bonchev–Trinajstić information content (AvgIpc) is 2.71. The van der Waals surface area contributed by atoms with Crippen LogP contribution in [0.3, 0.4) is 0 Å². The lowest BCUT2D eigenvalue weighted by molar-refractivity contribution is 0.106. The molecule has 0 fully saturated rings. The fourth-order valence-corrected chi connectivity index (χ4v) is 3.10. The van der Waals surface area contributed by atoms with Gasteiger partial charge in [0.2, 0.25) is 11.5 Å². The normalized spacial score (nSPS) is 12.7. The molecule has 2 aromatic carbocycles. The Morgan fingerprint density at radius 1 is 0.923 bits per heavy atom. The minimum atomic E-state index is -0.167. The highest BCUT2D eigenvalue weighted by atomic mass is 16.5. The summed E-state index contributed by atoms with van der Waals surface area (Å²) in [5.74, 6) is 2.00. The largest absolute Gasteiger partial charge is 0.497 e. The predicted octanol–water partition coefficient (Wildman–Crippen LogP) is 2.95. The lowest BCUT2D eigenvalue weighted by atomic mass is 9.91. The highest BCUT2D eigenvalue weighted by Crippen LogP contribution is 2.43. The first kappa shape index (κ1) is 17.8. The number of carbonyl (C=O) groups is 1. The number of methoxy groups -OCH3 is 4. The molecule has 0 saturated heterocycles. The fourth-order valence-electron chi connectivity index (χ4n) is 3.10. The van der Waals surface area contributed by atoms with Crippen molar-refractivity contribution in [1.29, 1.82) is 0 Å². The molecular formula is C20H21NO5. The molecule has 26 heavy (non-hydrogen) atoms. The molecule has 0 aliphatic carbocycles. The van der Waals surface area contributed by atoms with E-state index < -0.39 is 0 Å². The first-order chi connectivity index (χ1) is 12.6. The Morgan fingerprint density at radius 3 is 2.19 bits per heavy atom. The molecule has 0 unspecified atom stereocenters. The van der Waals surface area contributed by atoms with Crippen molar-refractivity contribution in [3.05, 3.63) is 47.0 Å². The van der Waals surface area contributed by atoms with E-state index in [9.17, 15) is 4.79 Å². The zero-order valence-corrected chi connectivity index (χ0v) is 15.3.